The third-order valence-corrected chi connectivity index (χ3v) is 12.8. The lowest BCUT2D eigenvalue weighted by Crippen LogP contribution is -2.03. The smallest absolute Gasteiger partial charge is 0.0994 e. The van der Waals surface area contributed by atoms with Crippen LogP contribution in [0.5, 0.6) is 0 Å². The number of hydrogen-bond acceptors (Lipinski definition) is 2. The molecular formula is C54H32N2. The highest BCUT2D eigenvalue weighted by molar-refractivity contribution is 6.28. The summed E-state index contributed by atoms with van der Waals surface area (Å²) in [6, 6.07) is 52.7. The standard InChI is InChI=1S/C54H32N2/c1-29-15-16-30(2)39(19-29)45-25-51-50-24-44-38-14-6-10-33-8-4-12-36(54(33)38)42(44)22-48(50)46(40-20-31(27-55)17-18-34(40)28-56)26-52(51)49-23-43-37-13-5-9-32-7-3-11-35(53(32)37)41(43)21-47(45)49/h3-16,18-26,31H,17H2,1-2H3. The molecule has 0 aromatic heterocycles. The summed E-state index contributed by atoms with van der Waals surface area (Å²) in [7, 11) is 0. The zero-order valence-corrected chi connectivity index (χ0v) is 31.0. The number of nitriles is 2. The number of hydrogen-bond donors (Lipinski definition) is 0. The summed E-state index contributed by atoms with van der Waals surface area (Å²) < 4.78 is 0. The molecule has 0 heterocycles. The third kappa shape index (κ3) is 4.08. The Morgan fingerprint density at radius 1 is 0.464 bits per heavy atom. The maximum atomic E-state index is 10.5. The van der Waals surface area contributed by atoms with Gasteiger partial charge in [0.05, 0.1) is 23.6 Å². The monoisotopic (exact) mass is 708 g/mol. The molecule has 1 atom stereocenters. The largest absolute Gasteiger partial charge is 0.198 e. The molecule has 0 spiro atoms. The van der Waals surface area contributed by atoms with E-state index >= 15 is 0 Å². The fraction of sp³-hybridized carbons (Fsp3) is 0.0741. The van der Waals surface area contributed by atoms with E-state index in [4.69, 9.17) is 0 Å². The van der Waals surface area contributed by atoms with Crippen LogP contribution in [0.1, 0.15) is 23.1 Å². The average molecular weight is 709 g/mol. The average Bonchev–Trinajstić information content (AvgIpc) is 3.73. The van der Waals surface area contributed by atoms with E-state index in [0.717, 1.165) is 27.3 Å². The molecule has 0 saturated carbocycles. The number of benzene rings is 9. The minimum absolute atomic E-state index is 0.300. The number of fused-ring (bicyclic) bond motifs is 11. The summed E-state index contributed by atoms with van der Waals surface area (Å²) in [6.07, 6.45) is 4.53. The highest BCUT2D eigenvalue weighted by Gasteiger charge is 2.28. The SMILES string of the molecule is Cc1ccc(C)c(-c2cc3c4cc5c(cc4c(C4=CC(C#N)CC=C4C#N)cc3c3cc4c(cc23)-c2cccc3cccc-4c23)-c2cccc3cccc-5c23)c1. The fourth-order valence-corrected chi connectivity index (χ4v) is 10.2. The van der Waals surface area contributed by atoms with Crippen LogP contribution < -0.4 is 0 Å². The van der Waals surface area contributed by atoms with E-state index in [1.54, 1.807) is 0 Å². The Bertz CT molecular complexity index is 3480. The zero-order chi connectivity index (χ0) is 37.4. The van der Waals surface area contributed by atoms with Gasteiger partial charge in [-0.05, 0) is 183 Å². The van der Waals surface area contributed by atoms with Crippen LogP contribution in [0.2, 0.25) is 0 Å². The Kier molecular flexibility index (Phi) is 6.19. The van der Waals surface area contributed by atoms with Gasteiger partial charge in [0.15, 0.2) is 0 Å². The van der Waals surface area contributed by atoms with Crippen molar-refractivity contribution in [3.05, 3.63) is 162 Å². The van der Waals surface area contributed by atoms with Crippen LogP contribution in [0.25, 0.3) is 115 Å². The Morgan fingerprint density at radius 2 is 0.929 bits per heavy atom. The molecule has 2 heteroatoms. The minimum atomic E-state index is -0.300. The first-order chi connectivity index (χ1) is 27.5. The van der Waals surface area contributed by atoms with E-state index in [2.05, 4.69) is 153 Å². The summed E-state index contributed by atoms with van der Waals surface area (Å²) in [5.74, 6) is -0.300. The van der Waals surface area contributed by atoms with Crippen LogP contribution in [0, 0.1) is 42.4 Å². The molecule has 0 aliphatic heterocycles. The normalized spacial score (nSPS) is 14.9. The fourth-order valence-electron chi connectivity index (χ4n) is 10.2. The maximum absolute atomic E-state index is 10.5. The Balaban J connectivity index is 1.29. The third-order valence-electron chi connectivity index (χ3n) is 12.8. The van der Waals surface area contributed by atoms with E-state index in [-0.39, 0.29) is 5.92 Å². The summed E-state index contributed by atoms with van der Waals surface area (Å²) in [5.41, 5.74) is 17.4. The first-order valence-electron chi connectivity index (χ1n) is 19.4. The lowest BCUT2D eigenvalue weighted by molar-refractivity contribution is 0.837. The van der Waals surface area contributed by atoms with Crippen LogP contribution in [-0.4, -0.2) is 0 Å². The lowest BCUT2D eigenvalue weighted by Gasteiger charge is -2.21. The van der Waals surface area contributed by atoms with Gasteiger partial charge in [0, 0.05) is 0 Å². The Hall–Kier alpha value is -7.26. The second-order valence-corrected chi connectivity index (χ2v) is 15.8. The van der Waals surface area contributed by atoms with E-state index in [1.807, 2.05) is 12.2 Å². The summed E-state index contributed by atoms with van der Waals surface area (Å²) in [6.45, 7) is 4.40. The molecule has 0 bridgehead atoms. The molecule has 0 fully saturated rings. The van der Waals surface area contributed by atoms with Gasteiger partial charge in [0.2, 0.25) is 0 Å². The summed E-state index contributed by atoms with van der Waals surface area (Å²) in [5, 5.41) is 32.8. The highest BCUT2D eigenvalue weighted by Crippen LogP contribution is 2.54. The predicted octanol–water partition coefficient (Wildman–Crippen LogP) is 14.4. The van der Waals surface area contributed by atoms with Gasteiger partial charge in [-0.25, -0.2) is 0 Å². The molecule has 1 unspecified atom stereocenters. The minimum Gasteiger partial charge on any atom is -0.198 e. The second kappa shape index (κ2) is 11.1. The first kappa shape index (κ1) is 31.1. The van der Waals surface area contributed by atoms with E-state index in [0.29, 0.717) is 12.0 Å². The molecule has 3 aliphatic carbocycles. The van der Waals surface area contributed by atoms with Crippen molar-refractivity contribution in [2.75, 3.05) is 0 Å². The molecule has 0 saturated heterocycles. The van der Waals surface area contributed by atoms with Crippen molar-refractivity contribution >= 4 is 59.4 Å². The van der Waals surface area contributed by atoms with Gasteiger partial charge >= 0.3 is 0 Å². The molecule has 12 rings (SSSR count). The van der Waals surface area contributed by atoms with Crippen molar-refractivity contribution in [3.8, 4) is 67.8 Å². The van der Waals surface area contributed by atoms with Crippen LogP contribution >= 0.6 is 0 Å². The van der Waals surface area contributed by atoms with Crippen molar-refractivity contribution in [1.82, 2.24) is 0 Å². The molecule has 258 valence electrons. The molecule has 0 amide bonds. The van der Waals surface area contributed by atoms with Gasteiger partial charge in [0.25, 0.3) is 0 Å². The van der Waals surface area contributed by atoms with Gasteiger partial charge in [-0.1, -0.05) is 109 Å². The van der Waals surface area contributed by atoms with Gasteiger partial charge in [-0.2, -0.15) is 10.5 Å². The number of aryl methyl sites for hydroxylation is 2. The van der Waals surface area contributed by atoms with E-state index in [9.17, 15) is 10.5 Å². The van der Waals surface area contributed by atoms with Crippen molar-refractivity contribution < 1.29 is 0 Å². The summed E-state index contributed by atoms with van der Waals surface area (Å²) >= 11 is 0. The maximum Gasteiger partial charge on any atom is 0.0994 e. The van der Waals surface area contributed by atoms with Crippen molar-refractivity contribution in [2.24, 2.45) is 5.92 Å². The molecule has 0 radical (unpaired) electrons. The first-order valence-corrected chi connectivity index (χ1v) is 19.4. The van der Waals surface area contributed by atoms with Gasteiger partial charge < -0.3 is 0 Å². The molecule has 0 N–H and O–H groups in total. The second-order valence-electron chi connectivity index (χ2n) is 15.8. The number of rotatable bonds is 2. The Morgan fingerprint density at radius 3 is 1.45 bits per heavy atom. The van der Waals surface area contributed by atoms with Crippen LogP contribution in [0.4, 0.5) is 0 Å². The topological polar surface area (TPSA) is 47.6 Å². The van der Waals surface area contributed by atoms with Gasteiger partial charge in [0.1, 0.15) is 0 Å². The number of nitrogens with zero attached hydrogens (tertiary/aromatic N) is 2. The van der Waals surface area contributed by atoms with Crippen molar-refractivity contribution in [3.63, 3.8) is 0 Å². The zero-order valence-electron chi connectivity index (χ0n) is 31.0. The molecular weight excluding hydrogens is 677 g/mol. The van der Waals surface area contributed by atoms with Crippen LogP contribution in [-0.2, 0) is 0 Å². The van der Waals surface area contributed by atoms with E-state index in [1.165, 1.54) is 104 Å². The molecule has 9 aromatic carbocycles. The van der Waals surface area contributed by atoms with Crippen molar-refractivity contribution in [2.45, 2.75) is 20.3 Å². The quantitative estimate of drug-likeness (QED) is 0.168. The molecule has 56 heavy (non-hydrogen) atoms. The molecule has 9 aromatic rings. The molecule has 2 nitrogen and oxygen atoms in total. The Labute approximate surface area is 324 Å². The molecule has 3 aliphatic rings. The van der Waals surface area contributed by atoms with Gasteiger partial charge in [-0.15, -0.1) is 0 Å². The van der Waals surface area contributed by atoms with E-state index < -0.39 is 0 Å². The number of allylic oxidation sites excluding steroid dienone is 4. The highest BCUT2D eigenvalue weighted by atomic mass is 14.3. The predicted molar refractivity (Wildman–Crippen MR) is 233 cm³/mol. The lowest BCUT2D eigenvalue weighted by atomic mass is 9.81. The van der Waals surface area contributed by atoms with Crippen molar-refractivity contribution in [1.29, 1.82) is 10.5 Å². The van der Waals surface area contributed by atoms with Gasteiger partial charge in [-0.3, -0.25) is 0 Å². The summed E-state index contributed by atoms with van der Waals surface area (Å²) in [4.78, 5) is 0. The van der Waals surface area contributed by atoms with Crippen LogP contribution in [0.15, 0.2) is 145 Å². The van der Waals surface area contributed by atoms with Crippen LogP contribution in [0.3, 0.4) is 0 Å².